The highest BCUT2D eigenvalue weighted by Gasteiger charge is 2.36. The van der Waals surface area contributed by atoms with Crippen molar-refractivity contribution < 1.29 is 14.3 Å². The number of hydrogen-bond acceptors (Lipinski definition) is 3. The molecule has 0 spiro atoms. The van der Waals surface area contributed by atoms with Crippen molar-refractivity contribution in [1.82, 2.24) is 4.90 Å². The quantitative estimate of drug-likeness (QED) is 0.938. The Morgan fingerprint density at radius 1 is 1.16 bits per heavy atom. The van der Waals surface area contributed by atoms with Gasteiger partial charge in [-0.05, 0) is 24.1 Å². The number of ether oxygens (including phenoxy) is 1. The normalized spacial score (nSPS) is 22.1. The summed E-state index contributed by atoms with van der Waals surface area (Å²) in [5.74, 6) is -0.102. The van der Waals surface area contributed by atoms with Crippen LogP contribution in [0.3, 0.4) is 0 Å². The number of benzene rings is 2. The molecule has 1 fully saturated rings. The molecular weight excluding hydrogens is 316 g/mol. The summed E-state index contributed by atoms with van der Waals surface area (Å²) in [7, 11) is 1.76. The van der Waals surface area contributed by atoms with E-state index in [1.54, 1.807) is 24.1 Å². The van der Waals surface area contributed by atoms with E-state index in [1.807, 2.05) is 36.4 Å². The van der Waals surface area contributed by atoms with Crippen LogP contribution in [-0.4, -0.2) is 36.5 Å². The molecule has 0 aliphatic carbocycles. The lowest BCUT2D eigenvalue weighted by atomic mass is 9.92. The van der Waals surface area contributed by atoms with Gasteiger partial charge in [0.1, 0.15) is 6.10 Å². The first-order valence-electron chi connectivity index (χ1n) is 8.50. The number of anilines is 1. The highest BCUT2D eigenvalue weighted by molar-refractivity contribution is 6.02. The number of carbonyl (C=O) groups excluding carboxylic acids is 2. The summed E-state index contributed by atoms with van der Waals surface area (Å²) in [4.78, 5) is 26.6. The number of fused-ring (bicyclic) bond motifs is 1. The predicted octanol–water partition coefficient (Wildman–Crippen LogP) is 2.78. The van der Waals surface area contributed by atoms with Gasteiger partial charge in [-0.3, -0.25) is 9.59 Å². The maximum atomic E-state index is 12.8. The minimum Gasteiger partial charge on any atom is -0.368 e. The number of nitrogens with one attached hydrogen (secondary N) is 1. The van der Waals surface area contributed by atoms with Crippen molar-refractivity contribution in [2.45, 2.75) is 25.0 Å². The third kappa shape index (κ3) is 2.81. The summed E-state index contributed by atoms with van der Waals surface area (Å²) < 4.78 is 5.73. The van der Waals surface area contributed by atoms with E-state index >= 15 is 0 Å². The number of nitrogens with zero attached hydrogens (tertiary/aromatic N) is 1. The molecule has 2 aliphatic rings. The highest BCUT2D eigenvalue weighted by atomic mass is 16.5. The van der Waals surface area contributed by atoms with E-state index < -0.39 is 6.10 Å². The zero-order valence-corrected chi connectivity index (χ0v) is 14.1. The van der Waals surface area contributed by atoms with Crippen molar-refractivity contribution >= 4 is 17.5 Å². The van der Waals surface area contributed by atoms with Crippen LogP contribution in [0.25, 0.3) is 0 Å². The summed E-state index contributed by atoms with van der Waals surface area (Å²) in [6.07, 6.45) is 0.323. The Hall–Kier alpha value is -2.66. The van der Waals surface area contributed by atoms with E-state index in [-0.39, 0.29) is 17.7 Å². The molecule has 0 unspecified atom stereocenters. The first kappa shape index (κ1) is 15.8. The SMILES string of the molecule is CN1Cc2c(NC(=O)[C@@H]3OCC[C@@H]3c3ccccc3)cccc2C1=O. The Balaban J connectivity index is 1.56. The number of amides is 2. The average Bonchev–Trinajstić information content (AvgIpc) is 3.23. The van der Waals surface area contributed by atoms with Crippen molar-refractivity contribution in [1.29, 1.82) is 0 Å². The Labute approximate surface area is 146 Å². The van der Waals surface area contributed by atoms with Crippen LogP contribution >= 0.6 is 0 Å². The summed E-state index contributed by atoms with van der Waals surface area (Å²) in [6, 6.07) is 15.4. The van der Waals surface area contributed by atoms with Crippen LogP contribution in [0, 0.1) is 0 Å². The van der Waals surface area contributed by atoms with Crippen molar-refractivity contribution in [2.75, 3.05) is 19.0 Å². The van der Waals surface area contributed by atoms with Crippen LogP contribution in [-0.2, 0) is 16.1 Å². The summed E-state index contributed by atoms with van der Waals surface area (Å²) in [5.41, 5.74) is 3.35. The second-order valence-electron chi connectivity index (χ2n) is 6.58. The number of hydrogen-bond donors (Lipinski definition) is 1. The molecule has 2 aromatic carbocycles. The van der Waals surface area contributed by atoms with Gasteiger partial charge in [0, 0.05) is 42.9 Å². The van der Waals surface area contributed by atoms with Crippen LogP contribution in [0.1, 0.15) is 33.8 Å². The summed E-state index contributed by atoms with van der Waals surface area (Å²) >= 11 is 0. The Kier molecular flexibility index (Phi) is 4.01. The van der Waals surface area contributed by atoms with Crippen LogP contribution < -0.4 is 5.32 Å². The van der Waals surface area contributed by atoms with Crippen LogP contribution in [0.15, 0.2) is 48.5 Å². The van der Waals surface area contributed by atoms with E-state index in [0.29, 0.717) is 24.4 Å². The van der Waals surface area contributed by atoms with Crippen molar-refractivity contribution in [3.63, 3.8) is 0 Å². The van der Waals surface area contributed by atoms with Gasteiger partial charge in [0.25, 0.3) is 11.8 Å². The van der Waals surface area contributed by atoms with E-state index in [2.05, 4.69) is 5.32 Å². The van der Waals surface area contributed by atoms with Gasteiger partial charge in [-0.15, -0.1) is 0 Å². The van der Waals surface area contributed by atoms with Crippen molar-refractivity contribution in [2.24, 2.45) is 0 Å². The molecule has 2 aromatic rings. The first-order valence-corrected chi connectivity index (χ1v) is 8.50. The van der Waals surface area contributed by atoms with Crippen molar-refractivity contribution in [3.05, 3.63) is 65.2 Å². The minimum absolute atomic E-state index is 0.00891. The largest absolute Gasteiger partial charge is 0.368 e. The van der Waals surface area contributed by atoms with Gasteiger partial charge < -0.3 is 15.0 Å². The van der Waals surface area contributed by atoms with Gasteiger partial charge in [-0.2, -0.15) is 0 Å². The second-order valence-corrected chi connectivity index (χ2v) is 6.58. The van der Waals surface area contributed by atoms with Gasteiger partial charge in [0.05, 0.1) is 0 Å². The lowest BCUT2D eigenvalue weighted by Gasteiger charge is -2.19. The summed E-state index contributed by atoms with van der Waals surface area (Å²) in [5, 5.41) is 2.98. The van der Waals surface area contributed by atoms with Crippen LogP contribution in [0.4, 0.5) is 5.69 Å². The molecule has 1 N–H and O–H groups in total. The molecule has 5 heteroatoms. The smallest absolute Gasteiger partial charge is 0.254 e. The molecule has 5 nitrogen and oxygen atoms in total. The zero-order valence-electron chi connectivity index (χ0n) is 14.1. The van der Waals surface area contributed by atoms with E-state index in [4.69, 9.17) is 4.74 Å². The molecule has 128 valence electrons. The lowest BCUT2D eigenvalue weighted by molar-refractivity contribution is -0.125. The van der Waals surface area contributed by atoms with Crippen molar-refractivity contribution in [3.8, 4) is 0 Å². The molecular formula is C20H20N2O3. The maximum Gasteiger partial charge on any atom is 0.254 e. The fourth-order valence-electron chi connectivity index (χ4n) is 3.68. The second kappa shape index (κ2) is 6.33. The molecule has 0 aromatic heterocycles. The molecule has 0 bridgehead atoms. The van der Waals surface area contributed by atoms with Gasteiger partial charge >= 0.3 is 0 Å². The van der Waals surface area contributed by atoms with E-state index in [9.17, 15) is 9.59 Å². The third-order valence-electron chi connectivity index (χ3n) is 4.98. The molecule has 2 heterocycles. The molecule has 0 saturated carbocycles. The highest BCUT2D eigenvalue weighted by Crippen LogP contribution is 2.33. The Morgan fingerprint density at radius 2 is 1.96 bits per heavy atom. The average molecular weight is 336 g/mol. The van der Waals surface area contributed by atoms with E-state index in [0.717, 1.165) is 17.5 Å². The third-order valence-corrected chi connectivity index (χ3v) is 4.98. The predicted molar refractivity (Wildman–Crippen MR) is 94.4 cm³/mol. The van der Waals surface area contributed by atoms with Crippen LogP contribution in [0.5, 0.6) is 0 Å². The molecule has 1 saturated heterocycles. The fourth-order valence-corrected chi connectivity index (χ4v) is 3.68. The molecule has 2 amide bonds. The minimum atomic E-state index is -0.506. The number of rotatable bonds is 3. The van der Waals surface area contributed by atoms with Gasteiger partial charge in [0.15, 0.2) is 0 Å². The molecule has 25 heavy (non-hydrogen) atoms. The van der Waals surface area contributed by atoms with Crippen LogP contribution in [0.2, 0.25) is 0 Å². The Morgan fingerprint density at radius 3 is 2.76 bits per heavy atom. The zero-order chi connectivity index (χ0) is 17.4. The maximum absolute atomic E-state index is 12.8. The Bertz CT molecular complexity index is 819. The van der Waals surface area contributed by atoms with E-state index in [1.165, 1.54) is 0 Å². The molecule has 0 radical (unpaired) electrons. The summed E-state index contributed by atoms with van der Waals surface area (Å²) in [6.45, 7) is 1.09. The fraction of sp³-hybridized carbons (Fsp3) is 0.300. The van der Waals surface area contributed by atoms with Gasteiger partial charge in [0.2, 0.25) is 0 Å². The first-order chi connectivity index (χ1) is 12.1. The molecule has 2 atom stereocenters. The van der Waals surface area contributed by atoms with Gasteiger partial charge in [-0.1, -0.05) is 36.4 Å². The molecule has 4 rings (SSSR count). The standard InChI is InChI=1S/C20H20N2O3/c1-22-12-16-15(20(22)24)8-5-9-17(16)21-19(23)18-14(10-11-25-18)13-6-3-2-4-7-13/h2-9,14,18H,10-12H2,1H3,(H,21,23)/t14-,18-/m1/s1. The number of carbonyl (C=O) groups is 2. The lowest BCUT2D eigenvalue weighted by Crippen LogP contribution is -2.31. The topological polar surface area (TPSA) is 58.6 Å². The molecule has 2 aliphatic heterocycles. The monoisotopic (exact) mass is 336 g/mol. The van der Waals surface area contributed by atoms with Gasteiger partial charge in [-0.25, -0.2) is 0 Å².